The van der Waals surface area contributed by atoms with E-state index < -0.39 is 23.9 Å². The van der Waals surface area contributed by atoms with Crippen molar-refractivity contribution in [1.29, 1.82) is 0 Å². The van der Waals surface area contributed by atoms with E-state index in [-0.39, 0.29) is 30.8 Å². The highest BCUT2D eigenvalue weighted by atomic mass is 16.5. The lowest BCUT2D eigenvalue weighted by Crippen LogP contribution is -2.45. The monoisotopic (exact) mass is 522 g/mol. The van der Waals surface area contributed by atoms with Gasteiger partial charge in [-0.15, -0.1) is 0 Å². The summed E-state index contributed by atoms with van der Waals surface area (Å²) in [6.07, 6.45) is 4.33. The SMILES string of the molecule is CCC1(c2cccc(OC(=O)CCC(=O)N[C@H](C(=O)OCc3ccccc3)C(C)C)c2)CCCCN(C)C1. The van der Waals surface area contributed by atoms with E-state index in [1.807, 2.05) is 56.3 Å². The molecular weight excluding hydrogens is 480 g/mol. The van der Waals surface area contributed by atoms with Gasteiger partial charge in [-0.2, -0.15) is 0 Å². The smallest absolute Gasteiger partial charge is 0.329 e. The summed E-state index contributed by atoms with van der Waals surface area (Å²) in [7, 11) is 2.16. The van der Waals surface area contributed by atoms with Crippen molar-refractivity contribution >= 4 is 17.8 Å². The third-order valence-corrected chi connectivity index (χ3v) is 7.39. The van der Waals surface area contributed by atoms with Crippen LogP contribution in [0.3, 0.4) is 0 Å². The minimum atomic E-state index is -0.790. The molecular formula is C31H42N2O5. The lowest BCUT2D eigenvalue weighted by atomic mass is 9.74. The number of amides is 1. The van der Waals surface area contributed by atoms with Crippen LogP contribution in [0, 0.1) is 5.92 Å². The zero-order valence-electron chi connectivity index (χ0n) is 23.2. The molecule has 0 aliphatic carbocycles. The highest BCUT2D eigenvalue weighted by molar-refractivity contribution is 5.86. The highest BCUT2D eigenvalue weighted by Gasteiger charge is 2.33. The van der Waals surface area contributed by atoms with Crippen molar-refractivity contribution in [2.24, 2.45) is 5.92 Å². The molecule has 3 rings (SSSR count). The lowest BCUT2D eigenvalue weighted by molar-refractivity contribution is -0.150. The normalized spacial score (nSPS) is 18.9. The summed E-state index contributed by atoms with van der Waals surface area (Å²) in [4.78, 5) is 40.1. The van der Waals surface area contributed by atoms with E-state index in [1.54, 1.807) is 6.07 Å². The number of likely N-dealkylation sites (N-methyl/N-ethyl adjacent to an activating group) is 1. The van der Waals surface area contributed by atoms with Gasteiger partial charge in [0.05, 0.1) is 6.42 Å². The molecule has 7 heteroatoms. The number of ether oxygens (including phenoxy) is 2. The Kier molecular flexibility index (Phi) is 10.9. The van der Waals surface area contributed by atoms with Crippen LogP contribution >= 0.6 is 0 Å². The molecule has 2 aromatic rings. The number of benzene rings is 2. The molecule has 1 N–H and O–H groups in total. The molecule has 2 atom stereocenters. The number of likely N-dealkylation sites (tertiary alicyclic amines) is 1. The summed E-state index contributed by atoms with van der Waals surface area (Å²) < 4.78 is 11.0. The van der Waals surface area contributed by atoms with Gasteiger partial charge in [-0.25, -0.2) is 4.79 Å². The van der Waals surface area contributed by atoms with Crippen LogP contribution in [-0.2, 0) is 31.1 Å². The van der Waals surface area contributed by atoms with E-state index in [9.17, 15) is 14.4 Å². The number of hydrogen-bond donors (Lipinski definition) is 1. The fourth-order valence-electron chi connectivity index (χ4n) is 5.10. The lowest BCUT2D eigenvalue weighted by Gasteiger charge is -2.35. The topological polar surface area (TPSA) is 84.9 Å². The Labute approximate surface area is 226 Å². The van der Waals surface area contributed by atoms with Crippen LogP contribution in [0.15, 0.2) is 54.6 Å². The molecule has 1 fully saturated rings. The predicted molar refractivity (Wildman–Crippen MR) is 148 cm³/mol. The molecule has 1 saturated heterocycles. The van der Waals surface area contributed by atoms with E-state index in [2.05, 4.69) is 30.3 Å². The van der Waals surface area contributed by atoms with Gasteiger partial charge in [0.1, 0.15) is 18.4 Å². The van der Waals surface area contributed by atoms with E-state index in [1.165, 1.54) is 18.4 Å². The molecule has 2 aromatic carbocycles. The van der Waals surface area contributed by atoms with Crippen LogP contribution < -0.4 is 10.1 Å². The van der Waals surface area contributed by atoms with Crippen molar-refractivity contribution in [3.05, 3.63) is 65.7 Å². The van der Waals surface area contributed by atoms with E-state index in [0.717, 1.165) is 31.5 Å². The van der Waals surface area contributed by atoms with Crippen molar-refractivity contribution in [2.45, 2.75) is 77.4 Å². The van der Waals surface area contributed by atoms with Crippen LogP contribution in [-0.4, -0.2) is 48.9 Å². The molecule has 0 radical (unpaired) electrons. The van der Waals surface area contributed by atoms with Crippen molar-refractivity contribution < 1.29 is 23.9 Å². The molecule has 1 heterocycles. The molecule has 206 valence electrons. The highest BCUT2D eigenvalue weighted by Crippen LogP contribution is 2.37. The van der Waals surface area contributed by atoms with Gasteiger partial charge in [0.2, 0.25) is 5.91 Å². The summed E-state index contributed by atoms with van der Waals surface area (Å²) in [5.74, 6) is -1.03. The number of hydrogen-bond acceptors (Lipinski definition) is 6. The molecule has 0 bridgehead atoms. The zero-order chi connectivity index (χ0) is 27.5. The quantitative estimate of drug-likeness (QED) is 0.330. The molecule has 0 spiro atoms. The Bertz CT molecular complexity index is 1070. The third kappa shape index (κ3) is 8.42. The first-order chi connectivity index (χ1) is 18.2. The largest absolute Gasteiger partial charge is 0.459 e. The number of carbonyl (C=O) groups excluding carboxylic acids is 3. The fourth-order valence-corrected chi connectivity index (χ4v) is 5.10. The summed E-state index contributed by atoms with van der Waals surface area (Å²) in [6, 6.07) is 16.4. The van der Waals surface area contributed by atoms with E-state index >= 15 is 0 Å². The average Bonchev–Trinajstić information content (AvgIpc) is 3.11. The van der Waals surface area contributed by atoms with Gasteiger partial charge in [-0.3, -0.25) is 9.59 Å². The first-order valence-electron chi connectivity index (χ1n) is 13.7. The standard InChI is InChI=1S/C31H42N2O5/c1-5-31(18-9-10-19-33(4)22-31)25-14-11-15-26(20-25)38-28(35)17-16-27(34)32-29(23(2)3)30(36)37-21-24-12-7-6-8-13-24/h6-8,11-15,20,23,29H,5,9-10,16-19,21-22H2,1-4H3,(H,32,34)/t29-,31?/m0/s1. The Hall–Kier alpha value is -3.19. The summed E-state index contributed by atoms with van der Waals surface area (Å²) in [5, 5.41) is 2.72. The molecule has 1 aliphatic heterocycles. The number of carbonyl (C=O) groups is 3. The maximum Gasteiger partial charge on any atom is 0.329 e. The second-order valence-corrected chi connectivity index (χ2v) is 10.7. The van der Waals surface area contributed by atoms with E-state index in [4.69, 9.17) is 9.47 Å². The molecule has 7 nitrogen and oxygen atoms in total. The van der Waals surface area contributed by atoms with Crippen molar-refractivity contribution in [1.82, 2.24) is 10.2 Å². The average molecular weight is 523 g/mol. The second-order valence-electron chi connectivity index (χ2n) is 10.7. The van der Waals surface area contributed by atoms with E-state index in [0.29, 0.717) is 5.75 Å². The Balaban J connectivity index is 1.52. The number of nitrogens with one attached hydrogen (secondary N) is 1. The van der Waals surface area contributed by atoms with Crippen LogP contribution in [0.4, 0.5) is 0 Å². The zero-order valence-corrected chi connectivity index (χ0v) is 23.2. The molecule has 1 amide bonds. The van der Waals surface area contributed by atoms with Gasteiger partial charge in [-0.05, 0) is 62.0 Å². The van der Waals surface area contributed by atoms with Gasteiger partial charge >= 0.3 is 11.9 Å². The summed E-state index contributed by atoms with van der Waals surface area (Å²) in [5.41, 5.74) is 2.09. The third-order valence-electron chi connectivity index (χ3n) is 7.39. The second kappa shape index (κ2) is 14.1. The first-order valence-corrected chi connectivity index (χ1v) is 13.7. The molecule has 1 unspecified atom stereocenters. The van der Waals surface area contributed by atoms with Crippen molar-refractivity contribution in [3.8, 4) is 5.75 Å². The number of rotatable bonds is 11. The molecule has 0 saturated carbocycles. The molecule has 1 aliphatic rings. The minimum absolute atomic E-state index is 0.0362. The van der Waals surface area contributed by atoms with Crippen LogP contribution in [0.2, 0.25) is 0 Å². The maximum atomic E-state index is 12.6. The molecule has 0 aromatic heterocycles. The van der Waals surface area contributed by atoms with Crippen molar-refractivity contribution in [2.75, 3.05) is 20.1 Å². The summed E-state index contributed by atoms with van der Waals surface area (Å²) >= 11 is 0. The fraction of sp³-hybridized carbons (Fsp3) is 0.516. The van der Waals surface area contributed by atoms with Gasteiger partial charge < -0.3 is 19.7 Å². The van der Waals surface area contributed by atoms with Crippen LogP contribution in [0.1, 0.15) is 70.4 Å². The Morgan fingerprint density at radius 3 is 2.50 bits per heavy atom. The number of nitrogens with zero attached hydrogens (tertiary/aromatic N) is 1. The first kappa shape index (κ1) is 29.4. The van der Waals surface area contributed by atoms with Gasteiger partial charge in [0, 0.05) is 18.4 Å². The predicted octanol–water partition coefficient (Wildman–Crippen LogP) is 5.02. The maximum absolute atomic E-state index is 12.6. The molecule has 38 heavy (non-hydrogen) atoms. The Morgan fingerprint density at radius 1 is 1.03 bits per heavy atom. The van der Waals surface area contributed by atoms with Crippen LogP contribution in [0.25, 0.3) is 0 Å². The minimum Gasteiger partial charge on any atom is -0.459 e. The van der Waals surface area contributed by atoms with Gasteiger partial charge in [0.15, 0.2) is 0 Å². The Morgan fingerprint density at radius 2 is 1.79 bits per heavy atom. The number of esters is 2. The van der Waals surface area contributed by atoms with Crippen molar-refractivity contribution in [3.63, 3.8) is 0 Å². The van der Waals surface area contributed by atoms with Gasteiger partial charge in [0.25, 0.3) is 0 Å². The van der Waals surface area contributed by atoms with Gasteiger partial charge in [-0.1, -0.05) is 69.7 Å². The van der Waals surface area contributed by atoms with Crippen LogP contribution in [0.5, 0.6) is 5.75 Å². The summed E-state index contributed by atoms with van der Waals surface area (Å²) in [6.45, 7) is 8.11.